The predicted molar refractivity (Wildman–Crippen MR) is 113 cm³/mol. The first-order valence-electron chi connectivity index (χ1n) is 9.84. The van der Waals surface area contributed by atoms with E-state index in [-0.39, 0.29) is 11.3 Å². The molecule has 3 aromatic heterocycles. The molecule has 0 unspecified atom stereocenters. The molecular formula is C22H23N5OS. The van der Waals surface area contributed by atoms with Crippen molar-refractivity contribution in [1.82, 2.24) is 24.1 Å². The maximum atomic E-state index is 13.3. The SMILES string of the molecule is Cc1nc(C2(c3ccccc3)CCN(C(=O)c3cnn4ccn(C)c34)CC2)cs1. The van der Waals surface area contributed by atoms with Gasteiger partial charge in [-0.3, -0.25) is 4.79 Å². The van der Waals surface area contributed by atoms with Gasteiger partial charge in [0.25, 0.3) is 5.91 Å². The smallest absolute Gasteiger partial charge is 0.259 e. The molecule has 1 amide bonds. The minimum Gasteiger partial charge on any atom is -0.338 e. The molecular weight excluding hydrogens is 382 g/mol. The van der Waals surface area contributed by atoms with Crippen LogP contribution in [0.15, 0.2) is 54.3 Å². The van der Waals surface area contributed by atoms with Crippen LogP contribution in [0.3, 0.4) is 0 Å². The van der Waals surface area contributed by atoms with Gasteiger partial charge < -0.3 is 9.47 Å². The third kappa shape index (κ3) is 2.88. The molecule has 0 aliphatic carbocycles. The molecule has 148 valence electrons. The molecule has 0 spiro atoms. The third-order valence-corrected chi connectivity index (χ3v) is 6.88. The van der Waals surface area contributed by atoms with E-state index in [4.69, 9.17) is 4.98 Å². The van der Waals surface area contributed by atoms with Gasteiger partial charge in [0.2, 0.25) is 0 Å². The molecule has 1 fully saturated rings. The van der Waals surface area contributed by atoms with Crippen molar-refractivity contribution in [1.29, 1.82) is 0 Å². The van der Waals surface area contributed by atoms with Crippen molar-refractivity contribution >= 4 is 22.9 Å². The number of carbonyl (C=O) groups excluding carboxylic acids is 1. The number of rotatable bonds is 3. The summed E-state index contributed by atoms with van der Waals surface area (Å²) in [4.78, 5) is 20.1. The topological polar surface area (TPSA) is 55.4 Å². The summed E-state index contributed by atoms with van der Waals surface area (Å²) >= 11 is 1.69. The molecule has 29 heavy (non-hydrogen) atoms. The van der Waals surface area contributed by atoms with Gasteiger partial charge in [0.05, 0.1) is 16.9 Å². The Kier molecular flexibility index (Phi) is 4.28. The fourth-order valence-corrected chi connectivity index (χ4v) is 5.21. The third-order valence-electron chi connectivity index (χ3n) is 6.11. The summed E-state index contributed by atoms with van der Waals surface area (Å²) in [5.41, 5.74) is 3.78. The molecule has 4 heterocycles. The Hall–Kier alpha value is -2.93. The normalized spacial score (nSPS) is 16.4. The second-order valence-corrected chi connectivity index (χ2v) is 8.79. The number of imidazole rings is 1. The zero-order valence-electron chi connectivity index (χ0n) is 16.6. The van der Waals surface area contributed by atoms with Crippen LogP contribution in [0.2, 0.25) is 0 Å². The lowest BCUT2D eigenvalue weighted by atomic mass is 9.70. The monoisotopic (exact) mass is 405 g/mol. The van der Waals surface area contributed by atoms with Crippen molar-refractivity contribution < 1.29 is 4.79 Å². The summed E-state index contributed by atoms with van der Waals surface area (Å²) in [5, 5.41) is 7.59. The summed E-state index contributed by atoms with van der Waals surface area (Å²) in [7, 11) is 1.94. The van der Waals surface area contributed by atoms with Crippen LogP contribution in [0, 0.1) is 6.92 Å². The van der Waals surface area contributed by atoms with Crippen molar-refractivity contribution in [3.8, 4) is 0 Å². The number of nitrogens with zero attached hydrogens (tertiary/aromatic N) is 5. The number of benzene rings is 1. The highest BCUT2D eigenvalue weighted by Crippen LogP contribution is 2.42. The number of amides is 1. The molecule has 0 N–H and O–H groups in total. The van der Waals surface area contributed by atoms with Crippen LogP contribution in [0.5, 0.6) is 0 Å². The van der Waals surface area contributed by atoms with E-state index in [1.54, 1.807) is 22.0 Å². The molecule has 1 aromatic carbocycles. The van der Waals surface area contributed by atoms with E-state index in [1.807, 2.05) is 35.0 Å². The maximum Gasteiger partial charge on any atom is 0.259 e. The number of hydrogen-bond donors (Lipinski definition) is 0. The summed E-state index contributed by atoms with van der Waals surface area (Å²) < 4.78 is 3.69. The highest BCUT2D eigenvalue weighted by Gasteiger charge is 2.41. The first kappa shape index (κ1) is 18.1. The van der Waals surface area contributed by atoms with Gasteiger partial charge in [-0.2, -0.15) is 5.10 Å². The molecule has 5 rings (SSSR count). The fraction of sp³-hybridized carbons (Fsp3) is 0.318. The van der Waals surface area contributed by atoms with E-state index in [0.29, 0.717) is 18.7 Å². The lowest BCUT2D eigenvalue weighted by Crippen LogP contribution is -2.46. The van der Waals surface area contributed by atoms with Crippen molar-refractivity contribution in [3.05, 3.63) is 76.1 Å². The zero-order chi connectivity index (χ0) is 20.0. The van der Waals surface area contributed by atoms with Crippen LogP contribution in [0.4, 0.5) is 0 Å². The highest BCUT2D eigenvalue weighted by atomic mass is 32.1. The van der Waals surface area contributed by atoms with E-state index in [2.05, 4.69) is 41.7 Å². The van der Waals surface area contributed by atoms with Crippen molar-refractivity contribution in [2.75, 3.05) is 13.1 Å². The summed E-state index contributed by atoms with van der Waals surface area (Å²) in [6.45, 7) is 3.45. The zero-order valence-corrected chi connectivity index (χ0v) is 17.4. The number of aryl methyl sites for hydroxylation is 2. The van der Waals surface area contributed by atoms with Crippen molar-refractivity contribution in [3.63, 3.8) is 0 Å². The van der Waals surface area contributed by atoms with Crippen LogP contribution in [0.1, 0.15) is 39.5 Å². The first-order valence-corrected chi connectivity index (χ1v) is 10.7. The second-order valence-electron chi connectivity index (χ2n) is 7.73. The van der Waals surface area contributed by atoms with Gasteiger partial charge in [-0.25, -0.2) is 9.50 Å². The molecule has 6 nitrogen and oxygen atoms in total. The summed E-state index contributed by atoms with van der Waals surface area (Å²) in [6, 6.07) is 10.6. The molecule has 1 aliphatic heterocycles. The van der Waals surface area contributed by atoms with Crippen molar-refractivity contribution in [2.24, 2.45) is 7.05 Å². The Morgan fingerprint density at radius 3 is 2.59 bits per heavy atom. The van der Waals surface area contributed by atoms with Crippen LogP contribution in [-0.4, -0.2) is 43.1 Å². The van der Waals surface area contributed by atoms with E-state index in [1.165, 1.54) is 5.56 Å². The van der Waals surface area contributed by atoms with Gasteiger partial charge in [-0.15, -0.1) is 11.3 Å². The minimum atomic E-state index is -0.137. The minimum absolute atomic E-state index is 0.0536. The second kappa shape index (κ2) is 6.84. The Morgan fingerprint density at radius 1 is 1.14 bits per heavy atom. The van der Waals surface area contributed by atoms with Crippen LogP contribution in [0.25, 0.3) is 5.65 Å². The van der Waals surface area contributed by atoms with Crippen LogP contribution in [-0.2, 0) is 12.5 Å². The molecule has 4 aromatic rings. The number of fused-ring (bicyclic) bond motifs is 1. The van der Waals surface area contributed by atoms with Gasteiger partial charge in [0.1, 0.15) is 11.2 Å². The van der Waals surface area contributed by atoms with Gasteiger partial charge in [-0.1, -0.05) is 30.3 Å². The van der Waals surface area contributed by atoms with E-state index < -0.39 is 0 Å². The number of piperidine rings is 1. The Bertz CT molecular complexity index is 1160. The molecule has 1 saturated heterocycles. The maximum absolute atomic E-state index is 13.3. The fourth-order valence-electron chi connectivity index (χ4n) is 4.50. The molecule has 0 bridgehead atoms. The van der Waals surface area contributed by atoms with Gasteiger partial charge in [0, 0.05) is 43.3 Å². The number of hydrogen-bond acceptors (Lipinski definition) is 4. The average Bonchev–Trinajstić information content (AvgIpc) is 3.47. The Balaban J connectivity index is 1.45. The molecule has 7 heteroatoms. The lowest BCUT2D eigenvalue weighted by Gasteiger charge is -2.41. The van der Waals surface area contributed by atoms with Gasteiger partial charge >= 0.3 is 0 Å². The summed E-state index contributed by atoms with van der Waals surface area (Å²) in [6.07, 6.45) is 7.20. The predicted octanol–water partition coefficient (Wildman–Crippen LogP) is 3.66. The van der Waals surface area contributed by atoms with Crippen LogP contribution >= 0.6 is 11.3 Å². The lowest BCUT2D eigenvalue weighted by molar-refractivity contribution is 0.0685. The molecule has 1 aliphatic rings. The Morgan fingerprint density at radius 2 is 1.90 bits per heavy atom. The largest absolute Gasteiger partial charge is 0.338 e. The molecule has 0 atom stereocenters. The molecule has 0 radical (unpaired) electrons. The van der Waals surface area contributed by atoms with E-state index in [9.17, 15) is 4.79 Å². The number of thiazole rings is 1. The van der Waals surface area contributed by atoms with Gasteiger partial charge in [-0.05, 0) is 25.3 Å². The quantitative estimate of drug-likeness (QED) is 0.523. The van der Waals surface area contributed by atoms with Crippen LogP contribution < -0.4 is 0 Å². The first-order chi connectivity index (χ1) is 14.1. The standard InChI is InChI=1S/C22H23N5OS/c1-16-24-19(15-29-16)22(17-6-4-3-5-7-17)8-10-26(11-9-22)21(28)18-14-23-27-13-12-25(2)20(18)27/h3-7,12-15H,8-11H2,1-2H3. The highest BCUT2D eigenvalue weighted by molar-refractivity contribution is 7.09. The number of likely N-dealkylation sites (tertiary alicyclic amines) is 1. The van der Waals surface area contributed by atoms with E-state index >= 15 is 0 Å². The number of aromatic nitrogens is 4. The average molecular weight is 406 g/mol. The Labute approximate surface area is 173 Å². The number of carbonyl (C=O) groups is 1. The van der Waals surface area contributed by atoms with Crippen molar-refractivity contribution in [2.45, 2.75) is 25.2 Å². The molecule has 0 saturated carbocycles. The van der Waals surface area contributed by atoms with E-state index in [0.717, 1.165) is 29.2 Å². The van der Waals surface area contributed by atoms with Gasteiger partial charge in [0.15, 0.2) is 0 Å². The summed E-state index contributed by atoms with van der Waals surface area (Å²) in [5.74, 6) is 0.0536.